The van der Waals surface area contributed by atoms with Crippen molar-refractivity contribution in [3.8, 4) is 0 Å². The maximum Gasteiger partial charge on any atom is 0.188 e. The second-order valence-electron chi connectivity index (χ2n) is 5.13. The fraction of sp³-hybridized carbons (Fsp3) is 1.00. The third-order valence-electron chi connectivity index (χ3n) is 3.60. The highest BCUT2D eigenvalue weighted by Crippen LogP contribution is 2.46. The van der Waals surface area contributed by atoms with E-state index in [0.29, 0.717) is 12.8 Å². The van der Waals surface area contributed by atoms with Crippen LogP contribution in [0.4, 0.5) is 0 Å². The summed E-state index contributed by atoms with van der Waals surface area (Å²) in [5.41, 5.74) is 8.02. The summed E-state index contributed by atoms with van der Waals surface area (Å²) in [6.45, 7) is 5.48. The largest absolute Gasteiger partial charge is 0.396 e. The minimum atomic E-state index is -0.738. The van der Waals surface area contributed by atoms with Gasteiger partial charge in [0, 0.05) is 17.9 Å². The lowest BCUT2D eigenvalue weighted by Gasteiger charge is -2.33. The summed E-state index contributed by atoms with van der Waals surface area (Å²) in [7, 11) is 0. The lowest BCUT2D eigenvalue weighted by molar-refractivity contribution is -0.229. The summed E-state index contributed by atoms with van der Waals surface area (Å²) >= 11 is 0. The molecule has 4 atom stereocenters. The van der Waals surface area contributed by atoms with Crippen molar-refractivity contribution in [3.05, 3.63) is 10.4 Å². The summed E-state index contributed by atoms with van der Waals surface area (Å²) in [6.07, 6.45) is 0.0643. The SMILES string of the molecule is CC[C@@]1(CCO)O[C@@H]2OC(C)(C)O[C@@H]2[C@@H]1N=[N+]=[N-]. The van der Waals surface area contributed by atoms with Gasteiger partial charge in [0.15, 0.2) is 12.1 Å². The van der Waals surface area contributed by atoms with Crippen molar-refractivity contribution in [2.75, 3.05) is 6.61 Å². The second kappa shape index (κ2) is 4.68. The lowest BCUT2D eigenvalue weighted by Crippen LogP contribution is -2.44. The zero-order valence-electron chi connectivity index (χ0n) is 10.9. The normalized spacial score (nSPS) is 41.4. The fourth-order valence-corrected chi connectivity index (χ4v) is 2.75. The molecule has 0 aromatic carbocycles. The highest BCUT2D eigenvalue weighted by molar-refractivity contribution is 5.06. The predicted octanol–water partition coefficient (Wildman–Crippen LogP) is 1.70. The van der Waals surface area contributed by atoms with Crippen molar-refractivity contribution in [2.45, 2.75) is 63.4 Å². The number of fused-ring (bicyclic) bond motifs is 1. The zero-order valence-corrected chi connectivity index (χ0v) is 10.9. The van der Waals surface area contributed by atoms with Gasteiger partial charge in [-0.15, -0.1) is 0 Å². The highest BCUT2D eigenvalue weighted by atomic mass is 16.8. The third-order valence-corrected chi connectivity index (χ3v) is 3.60. The molecule has 2 aliphatic rings. The molecular weight excluding hydrogens is 238 g/mol. The minimum Gasteiger partial charge on any atom is -0.396 e. The Morgan fingerprint density at radius 2 is 2.06 bits per heavy atom. The molecule has 2 saturated heterocycles. The van der Waals surface area contributed by atoms with E-state index in [1.807, 2.05) is 6.92 Å². The molecule has 0 amide bonds. The summed E-state index contributed by atoms with van der Waals surface area (Å²) in [4.78, 5) is 2.88. The van der Waals surface area contributed by atoms with E-state index in [9.17, 15) is 5.11 Å². The van der Waals surface area contributed by atoms with Gasteiger partial charge in [-0.25, -0.2) is 0 Å². The molecule has 7 nitrogen and oxygen atoms in total. The summed E-state index contributed by atoms with van der Waals surface area (Å²) in [5, 5.41) is 13.0. The highest BCUT2D eigenvalue weighted by Gasteiger charge is 2.60. The average Bonchev–Trinajstić information content (AvgIpc) is 2.72. The molecule has 7 heteroatoms. The number of hydrogen-bond donors (Lipinski definition) is 1. The molecule has 18 heavy (non-hydrogen) atoms. The van der Waals surface area contributed by atoms with Gasteiger partial charge in [0.05, 0.1) is 11.6 Å². The van der Waals surface area contributed by atoms with Gasteiger partial charge in [-0.2, -0.15) is 0 Å². The molecule has 0 aromatic heterocycles. The van der Waals surface area contributed by atoms with Crippen LogP contribution in [0.15, 0.2) is 5.11 Å². The van der Waals surface area contributed by atoms with Gasteiger partial charge < -0.3 is 19.3 Å². The molecule has 2 aliphatic heterocycles. The van der Waals surface area contributed by atoms with E-state index in [4.69, 9.17) is 19.7 Å². The predicted molar refractivity (Wildman–Crippen MR) is 62.6 cm³/mol. The van der Waals surface area contributed by atoms with Gasteiger partial charge in [0.25, 0.3) is 0 Å². The number of rotatable bonds is 4. The van der Waals surface area contributed by atoms with E-state index in [-0.39, 0.29) is 6.61 Å². The molecule has 0 aliphatic carbocycles. The van der Waals surface area contributed by atoms with Crippen LogP contribution in [0.1, 0.15) is 33.6 Å². The van der Waals surface area contributed by atoms with Crippen LogP contribution in [0, 0.1) is 0 Å². The van der Waals surface area contributed by atoms with Gasteiger partial charge >= 0.3 is 0 Å². The van der Waals surface area contributed by atoms with Gasteiger partial charge in [0.1, 0.15) is 6.10 Å². The standard InChI is InChI=1S/C11H19N3O4/c1-4-11(5-6-15)8(13-14-12)7-9(18-11)17-10(2,3)16-7/h7-9,15H,4-6H2,1-3H3/t7-,8+,9+,11+/m1/s1. The lowest BCUT2D eigenvalue weighted by atomic mass is 9.87. The van der Waals surface area contributed by atoms with Crippen molar-refractivity contribution in [1.82, 2.24) is 0 Å². The quantitative estimate of drug-likeness (QED) is 0.471. The molecule has 2 fully saturated rings. The topological polar surface area (TPSA) is 96.7 Å². The Morgan fingerprint density at radius 1 is 1.33 bits per heavy atom. The Balaban J connectivity index is 2.29. The number of ether oxygens (including phenoxy) is 3. The number of azide groups is 1. The van der Waals surface area contributed by atoms with Crippen LogP contribution in [0.3, 0.4) is 0 Å². The molecule has 2 rings (SSSR count). The van der Waals surface area contributed by atoms with Crippen LogP contribution in [-0.4, -0.2) is 41.5 Å². The average molecular weight is 257 g/mol. The molecule has 2 heterocycles. The number of aliphatic hydroxyl groups excluding tert-OH is 1. The Bertz CT molecular complexity index is 369. The monoisotopic (exact) mass is 257 g/mol. The van der Waals surface area contributed by atoms with E-state index in [0.717, 1.165) is 0 Å². The smallest absolute Gasteiger partial charge is 0.188 e. The summed E-state index contributed by atoms with van der Waals surface area (Å²) in [6, 6.07) is -0.480. The first kappa shape index (κ1) is 13.6. The molecule has 0 saturated carbocycles. The van der Waals surface area contributed by atoms with Gasteiger partial charge in [0.2, 0.25) is 0 Å². The van der Waals surface area contributed by atoms with Crippen molar-refractivity contribution in [3.63, 3.8) is 0 Å². The van der Waals surface area contributed by atoms with E-state index in [1.165, 1.54) is 0 Å². The van der Waals surface area contributed by atoms with Crippen LogP contribution in [-0.2, 0) is 14.2 Å². The van der Waals surface area contributed by atoms with Gasteiger partial charge in [-0.1, -0.05) is 12.0 Å². The van der Waals surface area contributed by atoms with E-state index < -0.39 is 29.8 Å². The Labute approximate surface area is 106 Å². The Morgan fingerprint density at radius 3 is 2.61 bits per heavy atom. The van der Waals surface area contributed by atoms with Crippen LogP contribution >= 0.6 is 0 Å². The van der Waals surface area contributed by atoms with Gasteiger partial charge in [-0.3, -0.25) is 0 Å². The van der Waals surface area contributed by atoms with Crippen LogP contribution < -0.4 is 0 Å². The van der Waals surface area contributed by atoms with E-state index in [2.05, 4.69) is 10.0 Å². The van der Waals surface area contributed by atoms with Crippen molar-refractivity contribution in [1.29, 1.82) is 0 Å². The molecule has 0 aromatic rings. The maximum atomic E-state index is 9.18. The van der Waals surface area contributed by atoms with Crippen molar-refractivity contribution >= 4 is 0 Å². The number of aliphatic hydroxyl groups is 1. The second-order valence-corrected chi connectivity index (χ2v) is 5.13. The molecule has 0 unspecified atom stereocenters. The molecular formula is C11H19N3O4. The van der Waals surface area contributed by atoms with Crippen LogP contribution in [0.5, 0.6) is 0 Å². The summed E-state index contributed by atoms with van der Waals surface area (Å²) in [5.74, 6) is -0.738. The Kier molecular flexibility index (Phi) is 3.53. The molecule has 102 valence electrons. The van der Waals surface area contributed by atoms with E-state index in [1.54, 1.807) is 13.8 Å². The first-order chi connectivity index (χ1) is 8.48. The maximum absolute atomic E-state index is 9.18. The van der Waals surface area contributed by atoms with E-state index >= 15 is 0 Å². The zero-order chi connectivity index (χ0) is 13.4. The van der Waals surface area contributed by atoms with Crippen molar-refractivity contribution < 1.29 is 19.3 Å². The molecule has 0 radical (unpaired) electrons. The van der Waals surface area contributed by atoms with Gasteiger partial charge in [-0.05, 0) is 25.8 Å². The van der Waals surface area contributed by atoms with Crippen molar-refractivity contribution in [2.24, 2.45) is 5.11 Å². The van der Waals surface area contributed by atoms with Crippen LogP contribution in [0.25, 0.3) is 10.4 Å². The molecule has 0 bridgehead atoms. The molecule has 1 N–H and O–H groups in total. The summed E-state index contributed by atoms with van der Waals surface area (Å²) < 4.78 is 17.3. The number of hydrogen-bond acceptors (Lipinski definition) is 5. The first-order valence-corrected chi connectivity index (χ1v) is 6.16. The number of nitrogens with zero attached hydrogens (tertiary/aromatic N) is 3. The first-order valence-electron chi connectivity index (χ1n) is 6.16. The Hall–Kier alpha value is -0.850. The van der Waals surface area contributed by atoms with Crippen LogP contribution in [0.2, 0.25) is 0 Å². The minimum absolute atomic E-state index is 0.0336. The fourth-order valence-electron chi connectivity index (χ4n) is 2.75. The third kappa shape index (κ3) is 2.08. The molecule has 0 spiro atoms.